The summed E-state index contributed by atoms with van der Waals surface area (Å²) in [5.74, 6) is 0. The zero-order valence-corrected chi connectivity index (χ0v) is 22.6. The number of hydrogen-bond donors (Lipinski definition) is 0. The number of anilines is 2. The average Bonchev–Trinajstić information content (AvgIpc) is 3.56. The van der Waals surface area contributed by atoms with Gasteiger partial charge >= 0.3 is 13.2 Å². The normalized spacial score (nSPS) is 20.3. The minimum absolute atomic E-state index is 0.263. The fourth-order valence-electron chi connectivity index (χ4n) is 5.00. The van der Waals surface area contributed by atoms with Gasteiger partial charge < -0.3 is 18.9 Å². The Morgan fingerprint density at radius 3 is 2.46 bits per heavy atom. The van der Waals surface area contributed by atoms with Crippen LogP contribution in [0.1, 0.15) is 49.3 Å². The molecule has 4 heterocycles. The molecule has 0 N–H and O–H groups in total. The van der Waals surface area contributed by atoms with E-state index in [4.69, 9.17) is 19.0 Å². The number of carbonyl (C=O) groups is 1. The lowest BCUT2D eigenvalue weighted by atomic mass is 9.79. The molecular formula is C28H32BN3O4S. The molecule has 0 radical (unpaired) electrons. The van der Waals surface area contributed by atoms with E-state index in [0.717, 1.165) is 42.2 Å². The molecule has 6 rings (SSSR count). The molecule has 3 aliphatic rings. The predicted octanol–water partition coefficient (Wildman–Crippen LogP) is 4.55. The van der Waals surface area contributed by atoms with Gasteiger partial charge in [-0.3, -0.25) is 4.90 Å². The molecular weight excluding hydrogens is 485 g/mol. The Balaban J connectivity index is 1.11. The Hall–Kier alpha value is -2.88. The van der Waals surface area contributed by atoms with Gasteiger partial charge in [0.15, 0.2) is 5.13 Å². The third-order valence-corrected chi connectivity index (χ3v) is 9.03. The summed E-state index contributed by atoms with van der Waals surface area (Å²) < 4.78 is 17.5. The monoisotopic (exact) mass is 517 g/mol. The quantitative estimate of drug-likeness (QED) is 0.463. The molecule has 0 bridgehead atoms. The maximum absolute atomic E-state index is 12.0. The second-order valence-corrected chi connectivity index (χ2v) is 12.1. The second-order valence-electron chi connectivity index (χ2n) is 11.0. The highest BCUT2D eigenvalue weighted by Gasteiger charge is 2.51. The van der Waals surface area contributed by atoms with Gasteiger partial charge in [-0.15, -0.1) is 11.3 Å². The first-order valence-corrected chi connectivity index (χ1v) is 13.7. The van der Waals surface area contributed by atoms with Crippen LogP contribution in [0.2, 0.25) is 0 Å². The van der Waals surface area contributed by atoms with E-state index in [1.165, 1.54) is 21.6 Å². The Labute approximate surface area is 222 Å². The first-order chi connectivity index (χ1) is 17.7. The molecule has 2 aromatic carbocycles. The van der Waals surface area contributed by atoms with Gasteiger partial charge in [0.05, 0.1) is 17.7 Å². The molecule has 7 nitrogen and oxygen atoms in total. The van der Waals surface area contributed by atoms with Gasteiger partial charge in [0.1, 0.15) is 6.61 Å². The molecule has 0 unspecified atom stereocenters. The van der Waals surface area contributed by atoms with E-state index in [0.29, 0.717) is 13.2 Å². The third kappa shape index (κ3) is 4.64. The van der Waals surface area contributed by atoms with Crippen LogP contribution < -0.4 is 15.3 Å². The summed E-state index contributed by atoms with van der Waals surface area (Å²) >= 11 is 1.75. The van der Waals surface area contributed by atoms with E-state index in [2.05, 4.69) is 69.0 Å². The van der Waals surface area contributed by atoms with Crippen LogP contribution >= 0.6 is 11.3 Å². The van der Waals surface area contributed by atoms with Crippen molar-refractivity contribution < 1.29 is 18.8 Å². The Morgan fingerprint density at radius 1 is 1.00 bits per heavy atom. The zero-order chi connectivity index (χ0) is 25.8. The number of hydrogen-bond acceptors (Lipinski definition) is 7. The highest BCUT2D eigenvalue weighted by Crippen LogP contribution is 2.36. The standard InChI is InChI=1S/C28H32BN3O4S/c1-27(2)28(3,4)36-29(35-27)22-8-5-19(6-9-22)15-24-17-30-25(37-24)31-12-11-20-7-10-23(16-21(20)18-31)32-13-14-34-26(32)33/h5-10,16-17H,11-15,18H2,1-4H3. The number of nitrogens with zero attached hydrogens (tertiary/aromatic N) is 3. The second kappa shape index (κ2) is 9.15. The van der Waals surface area contributed by atoms with E-state index in [1.807, 2.05) is 12.3 Å². The van der Waals surface area contributed by atoms with Crippen molar-refractivity contribution in [3.63, 3.8) is 0 Å². The molecule has 192 valence electrons. The van der Waals surface area contributed by atoms with Crippen molar-refractivity contribution in [3.8, 4) is 0 Å². The highest BCUT2D eigenvalue weighted by atomic mass is 32.1. The number of rotatable bonds is 5. The molecule has 2 saturated heterocycles. The predicted molar refractivity (Wildman–Crippen MR) is 147 cm³/mol. The van der Waals surface area contributed by atoms with Crippen LogP contribution in [-0.2, 0) is 33.4 Å². The largest absolute Gasteiger partial charge is 0.494 e. The molecule has 0 atom stereocenters. The van der Waals surface area contributed by atoms with Crippen molar-refractivity contribution in [3.05, 3.63) is 70.2 Å². The lowest BCUT2D eigenvalue weighted by molar-refractivity contribution is 0.00578. The van der Waals surface area contributed by atoms with E-state index in [-0.39, 0.29) is 24.4 Å². The van der Waals surface area contributed by atoms with Crippen LogP contribution in [0.3, 0.4) is 0 Å². The molecule has 1 aromatic heterocycles. The van der Waals surface area contributed by atoms with Gasteiger partial charge in [-0.05, 0) is 68.4 Å². The molecule has 0 spiro atoms. The van der Waals surface area contributed by atoms with Gasteiger partial charge in [0.25, 0.3) is 0 Å². The molecule has 0 saturated carbocycles. The molecule has 0 aliphatic carbocycles. The van der Waals surface area contributed by atoms with Crippen molar-refractivity contribution in [1.82, 2.24) is 4.98 Å². The lowest BCUT2D eigenvalue weighted by Gasteiger charge is -2.32. The minimum atomic E-state index is -0.341. The first kappa shape index (κ1) is 24.5. The summed E-state index contributed by atoms with van der Waals surface area (Å²) in [7, 11) is -0.340. The van der Waals surface area contributed by atoms with Crippen molar-refractivity contribution in [2.75, 3.05) is 29.5 Å². The summed E-state index contributed by atoms with van der Waals surface area (Å²) in [4.78, 5) is 22.0. The average molecular weight is 517 g/mol. The van der Waals surface area contributed by atoms with Crippen molar-refractivity contribution in [1.29, 1.82) is 0 Å². The maximum atomic E-state index is 12.0. The summed E-state index contributed by atoms with van der Waals surface area (Å²) in [6.45, 7) is 11.1. The summed E-state index contributed by atoms with van der Waals surface area (Å²) in [5, 5.41) is 1.04. The lowest BCUT2D eigenvalue weighted by Crippen LogP contribution is -2.41. The van der Waals surface area contributed by atoms with Crippen molar-refractivity contribution in [2.45, 2.75) is 58.3 Å². The maximum Gasteiger partial charge on any atom is 0.494 e. The van der Waals surface area contributed by atoms with Crippen LogP contribution in [0.25, 0.3) is 0 Å². The number of amides is 1. The number of cyclic esters (lactones) is 1. The van der Waals surface area contributed by atoms with Gasteiger partial charge in [-0.2, -0.15) is 0 Å². The topological polar surface area (TPSA) is 64.1 Å². The van der Waals surface area contributed by atoms with Crippen LogP contribution in [-0.4, -0.2) is 49.1 Å². The third-order valence-electron chi connectivity index (χ3n) is 7.97. The molecule has 3 aliphatic heterocycles. The number of fused-ring (bicyclic) bond motifs is 1. The Morgan fingerprint density at radius 2 is 1.76 bits per heavy atom. The molecule has 1 amide bonds. The van der Waals surface area contributed by atoms with Gasteiger partial charge in [-0.25, -0.2) is 9.78 Å². The Bertz CT molecular complexity index is 1310. The molecule has 3 aromatic rings. The van der Waals surface area contributed by atoms with E-state index in [9.17, 15) is 4.79 Å². The van der Waals surface area contributed by atoms with Gasteiger partial charge in [0.2, 0.25) is 0 Å². The fourth-order valence-corrected chi connectivity index (χ4v) is 5.97. The van der Waals surface area contributed by atoms with Crippen molar-refractivity contribution in [2.24, 2.45) is 0 Å². The SMILES string of the molecule is CC1(C)OB(c2ccc(Cc3cnc(N4CCc5ccc(N6CCOC6=O)cc5C4)s3)cc2)OC1(C)C. The molecule has 9 heteroatoms. The zero-order valence-electron chi connectivity index (χ0n) is 21.8. The number of carbonyl (C=O) groups excluding carboxylic acids is 1. The number of thiazole rings is 1. The van der Waals surface area contributed by atoms with Gasteiger partial charge in [0, 0.05) is 36.3 Å². The van der Waals surface area contributed by atoms with Crippen molar-refractivity contribution >= 4 is 40.8 Å². The molecule has 2 fully saturated rings. The van der Waals surface area contributed by atoms with E-state index in [1.54, 1.807) is 16.2 Å². The molecule has 37 heavy (non-hydrogen) atoms. The van der Waals surface area contributed by atoms with Crippen LogP contribution in [0.4, 0.5) is 15.6 Å². The number of ether oxygens (including phenoxy) is 1. The smallest absolute Gasteiger partial charge is 0.447 e. The summed E-state index contributed by atoms with van der Waals surface area (Å²) in [6, 6.07) is 14.8. The highest BCUT2D eigenvalue weighted by molar-refractivity contribution is 7.15. The van der Waals surface area contributed by atoms with E-state index >= 15 is 0 Å². The summed E-state index contributed by atoms with van der Waals surface area (Å²) in [6.07, 6.45) is 3.54. The summed E-state index contributed by atoms with van der Waals surface area (Å²) in [5.41, 5.74) is 5.09. The fraction of sp³-hybridized carbons (Fsp3) is 0.429. The minimum Gasteiger partial charge on any atom is -0.447 e. The first-order valence-electron chi connectivity index (χ1n) is 12.9. The number of aromatic nitrogens is 1. The van der Waals surface area contributed by atoms with E-state index < -0.39 is 0 Å². The number of benzene rings is 2. The van der Waals surface area contributed by atoms with Crippen LogP contribution in [0.5, 0.6) is 0 Å². The Kier molecular flexibility index (Phi) is 6.05. The van der Waals surface area contributed by atoms with Crippen LogP contribution in [0, 0.1) is 0 Å². The van der Waals surface area contributed by atoms with Crippen LogP contribution in [0.15, 0.2) is 48.7 Å². The van der Waals surface area contributed by atoms with Gasteiger partial charge in [-0.1, -0.05) is 30.3 Å².